The van der Waals surface area contributed by atoms with Crippen molar-refractivity contribution in [3.05, 3.63) is 53.1 Å². The zero-order valence-electron chi connectivity index (χ0n) is 25.4. The Balaban J connectivity index is 2.00. The fourth-order valence-corrected chi connectivity index (χ4v) is 6.23. The van der Waals surface area contributed by atoms with Crippen molar-refractivity contribution in [2.75, 3.05) is 44.6 Å². The molecule has 1 amide bonds. The summed E-state index contributed by atoms with van der Waals surface area (Å²) in [6.07, 6.45) is 3.32. The summed E-state index contributed by atoms with van der Waals surface area (Å²) in [6.45, 7) is 10.4. The second-order valence-corrected chi connectivity index (χ2v) is 13.5. The smallest absolute Gasteiger partial charge is 0.261 e. The van der Waals surface area contributed by atoms with Gasteiger partial charge in [-0.15, -0.1) is 0 Å². The summed E-state index contributed by atoms with van der Waals surface area (Å²) in [4.78, 5) is 18.1. The number of anilines is 1. The molecule has 1 aliphatic heterocycles. The van der Waals surface area contributed by atoms with Crippen molar-refractivity contribution in [2.24, 2.45) is 5.92 Å². The number of hydrogen-bond donors (Lipinski definition) is 2. The van der Waals surface area contributed by atoms with Gasteiger partial charge >= 0.3 is 0 Å². The highest BCUT2D eigenvalue weighted by Crippen LogP contribution is 2.29. The maximum atomic E-state index is 14.2. The topological polar surface area (TPSA) is 108 Å². The molecular weight excluding hydrogens is 578 g/mol. The van der Waals surface area contributed by atoms with E-state index >= 15 is 0 Å². The van der Waals surface area contributed by atoms with Gasteiger partial charge in [0.05, 0.1) is 35.3 Å². The van der Waals surface area contributed by atoms with E-state index in [9.17, 15) is 18.3 Å². The molecule has 0 unspecified atom stereocenters. The summed E-state index contributed by atoms with van der Waals surface area (Å²) in [5, 5.41) is 10.5. The average Bonchev–Trinajstić information content (AvgIpc) is 2.94. The fourth-order valence-electron chi connectivity index (χ4n) is 5.06. The molecule has 1 aliphatic rings. The van der Waals surface area contributed by atoms with E-state index in [1.807, 2.05) is 6.92 Å². The largest absolute Gasteiger partial charge is 0.490 e. The highest BCUT2D eigenvalue weighted by Gasteiger charge is 2.30. The molecular formula is C31H46ClN3O6S. The number of benzene rings is 2. The van der Waals surface area contributed by atoms with E-state index in [1.165, 1.54) is 30.3 Å². The lowest BCUT2D eigenvalue weighted by molar-refractivity contribution is -0.0167. The molecule has 11 heteroatoms. The van der Waals surface area contributed by atoms with Crippen LogP contribution >= 0.6 is 11.6 Å². The van der Waals surface area contributed by atoms with Crippen LogP contribution in [0.25, 0.3) is 0 Å². The number of hydrogen-bond acceptors (Lipinski definition) is 7. The Labute approximate surface area is 256 Å². The first-order chi connectivity index (χ1) is 19.9. The van der Waals surface area contributed by atoms with Crippen molar-refractivity contribution in [3.63, 3.8) is 0 Å². The molecule has 0 fully saturated rings. The molecule has 0 spiro atoms. The fraction of sp³-hybridized carbons (Fsp3) is 0.581. The van der Waals surface area contributed by atoms with Gasteiger partial charge in [-0.25, -0.2) is 8.42 Å². The summed E-state index contributed by atoms with van der Waals surface area (Å²) in [5.74, 6) is -0.00628. The molecule has 42 heavy (non-hydrogen) atoms. The van der Waals surface area contributed by atoms with Crippen LogP contribution in [0.2, 0.25) is 5.02 Å². The maximum Gasteiger partial charge on any atom is 0.261 e. The number of nitrogens with zero attached hydrogens (tertiary/aromatic N) is 2. The molecule has 2 aromatic rings. The zero-order chi connectivity index (χ0) is 30.9. The number of carbonyl (C=O) groups excluding carboxylic acids is 1. The van der Waals surface area contributed by atoms with Gasteiger partial charge in [-0.2, -0.15) is 0 Å². The minimum atomic E-state index is -3.94. The third-order valence-corrected chi connectivity index (χ3v) is 9.17. The SMILES string of the molecule is CCCN(C)C[C@H]1OCCCC[C@@H](C)Oc2ccc(NS(=O)(=O)c3ccc(Cl)cc3)cc2C(=O)N([C@H](C)CO)C[C@@H]1C. The molecule has 2 aromatic carbocycles. The molecule has 3 rings (SSSR count). The van der Waals surface area contributed by atoms with Crippen molar-refractivity contribution in [1.82, 2.24) is 9.80 Å². The van der Waals surface area contributed by atoms with Gasteiger partial charge in [-0.3, -0.25) is 9.52 Å². The standard InChI is InChI=1S/C31H46ClN3O6S/c1-6-16-34(5)20-30-22(2)19-35(23(3)21-36)31(37)28-18-26(33-42(38,39)27-13-10-25(32)11-14-27)12-15-29(28)41-24(4)9-7-8-17-40-30/h10-15,18,22-24,30,33,36H,6-9,16-17,19-21H2,1-5H3/t22-,23+,24+,30+/m0/s1. The number of ether oxygens (including phenoxy) is 2. The van der Waals surface area contributed by atoms with Crippen molar-refractivity contribution in [2.45, 2.75) is 76.5 Å². The first kappa shape index (κ1) is 34.1. The number of sulfonamides is 1. The Morgan fingerprint density at radius 1 is 1.17 bits per heavy atom. The first-order valence-electron chi connectivity index (χ1n) is 14.8. The summed E-state index contributed by atoms with van der Waals surface area (Å²) < 4.78 is 41.4. The zero-order valence-corrected chi connectivity index (χ0v) is 27.0. The number of halogens is 1. The maximum absolute atomic E-state index is 14.2. The minimum Gasteiger partial charge on any atom is -0.490 e. The Morgan fingerprint density at radius 3 is 2.55 bits per heavy atom. The number of nitrogens with one attached hydrogen (secondary N) is 1. The molecule has 0 bridgehead atoms. The lowest BCUT2D eigenvalue weighted by Gasteiger charge is -2.35. The number of rotatable bonds is 9. The van der Waals surface area contributed by atoms with Gasteiger partial charge in [-0.05, 0) is 95.6 Å². The number of amides is 1. The molecule has 4 atom stereocenters. The number of likely N-dealkylation sites (N-methyl/N-ethyl adjacent to an activating group) is 1. The summed E-state index contributed by atoms with van der Waals surface area (Å²) >= 11 is 5.93. The lowest BCUT2D eigenvalue weighted by Crippen LogP contribution is -2.47. The second kappa shape index (κ2) is 15.9. The van der Waals surface area contributed by atoms with Crippen LogP contribution in [-0.4, -0.2) is 87.4 Å². The number of aliphatic hydroxyl groups is 1. The highest BCUT2D eigenvalue weighted by atomic mass is 35.5. The Bertz CT molecular complexity index is 1260. The number of aliphatic hydroxyl groups excluding tert-OH is 1. The van der Waals surface area contributed by atoms with Crippen LogP contribution in [0, 0.1) is 5.92 Å². The Kier molecular flexibility index (Phi) is 12.9. The monoisotopic (exact) mass is 623 g/mol. The average molecular weight is 624 g/mol. The van der Waals surface area contributed by atoms with Crippen molar-refractivity contribution in [1.29, 1.82) is 0 Å². The number of carbonyl (C=O) groups is 1. The van der Waals surface area contributed by atoms with E-state index in [2.05, 4.69) is 30.5 Å². The highest BCUT2D eigenvalue weighted by molar-refractivity contribution is 7.92. The quantitative estimate of drug-likeness (QED) is 0.391. The van der Waals surface area contributed by atoms with E-state index in [-0.39, 0.29) is 46.8 Å². The molecule has 1 heterocycles. The molecule has 9 nitrogen and oxygen atoms in total. The summed E-state index contributed by atoms with van der Waals surface area (Å²) in [6, 6.07) is 10.1. The minimum absolute atomic E-state index is 0.0277. The molecule has 0 aliphatic carbocycles. The van der Waals surface area contributed by atoms with Gasteiger partial charge < -0.3 is 24.4 Å². The first-order valence-corrected chi connectivity index (χ1v) is 16.6. The predicted molar refractivity (Wildman–Crippen MR) is 167 cm³/mol. The van der Waals surface area contributed by atoms with E-state index < -0.39 is 16.1 Å². The summed E-state index contributed by atoms with van der Waals surface area (Å²) in [7, 11) is -1.86. The van der Waals surface area contributed by atoms with E-state index in [4.69, 9.17) is 21.1 Å². The third-order valence-electron chi connectivity index (χ3n) is 7.52. The second-order valence-electron chi connectivity index (χ2n) is 11.3. The normalized spacial score (nSPS) is 21.8. The predicted octanol–water partition coefficient (Wildman–Crippen LogP) is 5.28. The molecule has 0 saturated carbocycles. The van der Waals surface area contributed by atoms with Crippen molar-refractivity contribution in [3.8, 4) is 5.75 Å². The van der Waals surface area contributed by atoms with Crippen LogP contribution < -0.4 is 9.46 Å². The van der Waals surface area contributed by atoms with Crippen molar-refractivity contribution < 1.29 is 27.8 Å². The van der Waals surface area contributed by atoms with Crippen LogP contribution in [0.3, 0.4) is 0 Å². The molecule has 0 aromatic heterocycles. The van der Waals surface area contributed by atoms with Gasteiger partial charge in [0.15, 0.2) is 0 Å². The van der Waals surface area contributed by atoms with Gasteiger partial charge in [0.1, 0.15) is 5.75 Å². The van der Waals surface area contributed by atoms with Gasteiger partial charge in [0.25, 0.3) is 15.9 Å². The van der Waals surface area contributed by atoms with E-state index in [0.717, 1.165) is 38.8 Å². The van der Waals surface area contributed by atoms with Crippen LogP contribution in [0.15, 0.2) is 47.4 Å². The lowest BCUT2D eigenvalue weighted by atomic mass is 10.0. The molecule has 2 N–H and O–H groups in total. The van der Waals surface area contributed by atoms with Crippen molar-refractivity contribution >= 4 is 33.2 Å². The van der Waals surface area contributed by atoms with Gasteiger partial charge in [0.2, 0.25) is 0 Å². The third kappa shape index (κ3) is 9.57. The van der Waals surface area contributed by atoms with Gasteiger partial charge in [0, 0.05) is 36.3 Å². The van der Waals surface area contributed by atoms with Crippen LogP contribution in [-0.2, 0) is 14.8 Å². The van der Waals surface area contributed by atoms with Crippen LogP contribution in [0.5, 0.6) is 5.75 Å². The Hall–Kier alpha value is -2.37. The molecule has 0 saturated heterocycles. The van der Waals surface area contributed by atoms with Crippen LogP contribution in [0.4, 0.5) is 5.69 Å². The van der Waals surface area contributed by atoms with Gasteiger partial charge in [-0.1, -0.05) is 25.4 Å². The summed E-state index contributed by atoms with van der Waals surface area (Å²) in [5.41, 5.74) is 0.449. The molecule has 234 valence electrons. The number of fused-ring (bicyclic) bond motifs is 1. The van der Waals surface area contributed by atoms with E-state index in [1.54, 1.807) is 24.0 Å². The molecule has 0 radical (unpaired) electrons. The van der Waals surface area contributed by atoms with E-state index in [0.29, 0.717) is 23.9 Å². The Morgan fingerprint density at radius 2 is 1.88 bits per heavy atom. The van der Waals surface area contributed by atoms with Crippen LogP contribution in [0.1, 0.15) is 63.7 Å².